The van der Waals surface area contributed by atoms with Gasteiger partial charge in [0.2, 0.25) is 0 Å². The predicted molar refractivity (Wildman–Crippen MR) is 157 cm³/mol. The highest BCUT2D eigenvalue weighted by molar-refractivity contribution is 7.76. The van der Waals surface area contributed by atoms with Crippen LogP contribution in [0.4, 0.5) is 0 Å². The highest BCUT2D eigenvalue weighted by atomic mass is 31.2. The topological polar surface area (TPSA) is 20.3 Å². The lowest BCUT2D eigenvalue weighted by Crippen LogP contribution is -2.38. The first-order chi connectivity index (χ1) is 16.7. The van der Waals surface area contributed by atoms with Crippen LogP contribution in [0.1, 0.15) is 156 Å². The van der Waals surface area contributed by atoms with Crippen molar-refractivity contribution in [2.75, 3.05) is 37.7 Å². The van der Waals surface area contributed by atoms with E-state index in [-0.39, 0.29) is 0 Å². The van der Waals surface area contributed by atoms with Gasteiger partial charge in [-0.3, -0.25) is 4.79 Å². The Hall–Kier alpha value is -0.100. The number of hydrogen-bond donors (Lipinski definition) is 0. The number of likely N-dealkylation sites (tertiary alicyclic amines) is 1. The van der Waals surface area contributed by atoms with Crippen molar-refractivity contribution in [3.63, 3.8) is 0 Å². The fraction of sp³-hybridized carbons (Fsp3) is 0.968. The molecule has 3 heteroatoms. The Morgan fingerprint density at radius 3 is 1.26 bits per heavy atom. The lowest BCUT2D eigenvalue weighted by atomic mass is 10.1. The molecular formula is C31H63NOP+. The second kappa shape index (κ2) is 22.1. The zero-order chi connectivity index (χ0) is 24.7. The summed E-state index contributed by atoms with van der Waals surface area (Å²) in [6.45, 7) is 8.99. The van der Waals surface area contributed by atoms with Crippen molar-refractivity contribution in [2.45, 2.75) is 156 Å². The van der Waals surface area contributed by atoms with E-state index in [2.05, 4.69) is 25.7 Å². The van der Waals surface area contributed by atoms with Gasteiger partial charge in [-0.25, -0.2) is 0 Å². The maximum atomic E-state index is 13.5. The number of nitrogens with zero attached hydrogens (tertiary/aromatic N) is 1. The fourth-order valence-corrected chi connectivity index (χ4v) is 10.4. The molecule has 0 aromatic rings. The number of unbranched alkanes of at least 4 members (excludes halogenated alkanes) is 15. The van der Waals surface area contributed by atoms with Crippen LogP contribution in [0.15, 0.2) is 0 Å². The first-order valence-electron chi connectivity index (χ1n) is 15.8. The Morgan fingerprint density at radius 1 is 0.529 bits per heavy atom. The minimum atomic E-state index is -1.18. The standard InChI is InChI=1S/C31H63NOP/c1-4-7-10-13-16-22-27-34(28-23-17-14-11-8-5-2,29-24-18-15-12-9-6-3)30-31(33)32-25-20-19-21-26-32/h4-30H2,1-3H3/q+1. The van der Waals surface area contributed by atoms with Crippen molar-refractivity contribution >= 4 is 13.2 Å². The molecule has 0 radical (unpaired) electrons. The van der Waals surface area contributed by atoms with Gasteiger partial charge in [0.05, 0.1) is 18.5 Å². The zero-order valence-corrected chi connectivity index (χ0v) is 24.8. The van der Waals surface area contributed by atoms with Crippen LogP contribution in [0, 0.1) is 0 Å². The Bertz CT molecular complexity index is 420. The summed E-state index contributed by atoms with van der Waals surface area (Å²) in [6.07, 6.45) is 33.9. The van der Waals surface area contributed by atoms with Crippen molar-refractivity contribution in [3.8, 4) is 0 Å². The number of hydrogen-bond acceptors (Lipinski definition) is 1. The Labute approximate surface area is 216 Å². The first kappa shape index (κ1) is 31.9. The van der Waals surface area contributed by atoms with Gasteiger partial charge in [0.1, 0.15) is 6.16 Å². The molecule has 0 aliphatic carbocycles. The summed E-state index contributed by atoms with van der Waals surface area (Å²) in [5.41, 5.74) is 0. The molecule has 0 aromatic carbocycles. The van der Waals surface area contributed by atoms with Crippen LogP contribution in [0.25, 0.3) is 0 Å². The molecule has 1 saturated heterocycles. The second-order valence-corrected chi connectivity index (χ2v) is 15.8. The van der Waals surface area contributed by atoms with Gasteiger partial charge in [0.25, 0.3) is 5.91 Å². The summed E-state index contributed by atoms with van der Waals surface area (Å²) in [5, 5.41) is 0. The van der Waals surface area contributed by atoms with Gasteiger partial charge >= 0.3 is 0 Å². The summed E-state index contributed by atoms with van der Waals surface area (Å²) in [7, 11) is -1.18. The van der Waals surface area contributed by atoms with Gasteiger partial charge in [-0.1, -0.05) is 97.8 Å². The minimum Gasteiger partial charge on any atom is -0.340 e. The van der Waals surface area contributed by atoms with Crippen LogP contribution in [0.3, 0.4) is 0 Å². The number of carbonyl (C=O) groups is 1. The quantitative estimate of drug-likeness (QED) is 0.102. The summed E-state index contributed by atoms with van der Waals surface area (Å²) >= 11 is 0. The normalized spacial score (nSPS) is 14.6. The van der Waals surface area contributed by atoms with E-state index in [1.54, 1.807) is 0 Å². The van der Waals surface area contributed by atoms with Crippen LogP contribution in [-0.4, -0.2) is 48.5 Å². The van der Waals surface area contributed by atoms with Crippen molar-refractivity contribution in [3.05, 3.63) is 0 Å². The molecule has 0 bridgehead atoms. The van der Waals surface area contributed by atoms with Crippen molar-refractivity contribution in [2.24, 2.45) is 0 Å². The number of amides is 1. The highest BCUT2D eigenvalue weighted by Gasteiger charge is 2.39. The summed E-state index contributed by atoms with van der Waals surface area (Å²) in [4.78, 5) is 15.7. The van der Waals surface area contributed by atoms with Gasteiger partial charge in [-0.15, -0.1) is 0 Å². The molecule has 0 spiro atoms. The lowest BCUT2D eigenvalue weighted by Gasteiger charge is -2.32. The molecule has 0 atom stereocenters. The smallest absolute Gasteiger partial charge is 0.260 e. The summed E-state index contributed by atoms with van der Waals surface area (Å²) in [5.74, 6) is 0.538. The van der Waals surface area contributed by atoms with E-state index in [9.17, 15) is 4.79 Å². The Kier molecular flexibility index (Phi) is 20.8. The average Bonchev–Trinajstić information content (AvgIpc) is 2.86. The van der Waals surface area contributed by atoms with Crippen molar-refractivity contribution < 1.29 is 4.79 Å². The minimum absolute atomic E-state index is 0.538. The van der Waals surface area contributed by atoms with E-state index < -0.39 is 7.26 Å². The van der Waals surface area contributed by atoms with E-state index in [0.29, 0.717) is 5.91 Å². The molecule has 1 amide bonds. The molecule has 0 saturated carbocycles. The maximum Gasteiger partial charge on any atom is 0.260 e. The van der Waals surface area contributed by atoms with Crippen LogP contribution >= 0.6 is 7.26 Å². The molecule has 1 aliphatic rings. The molecule has 1 rings (SSSR count). The van der Waals surface area contributed by atoms with E-state index in [1.165, 1.54) is 153 Å². The van der Waals surface area contributed by atoms with E-state index in [4.69, 9.17) is 0 Å². The fourth-order valence-electron chi connectivity index (χ4n) is 5.79. The first-order valence-corrected chi connectivity index (χ1v) is 18.3. The second-order valence-electron chi connectivity index (χ2n) is 11.4. The van der Waals surface area contributed by atoms with Gasteiger partial charge in [0.15, 0.2) is 0 Å². The Balaban J connectivity index is 2.73. The molecule has 1 aliphatic heterocycles. The SMILES string of the molecule is CCCCCCCC[P+](CCCCCCCC)(CCCCCCCC)CC(=O)N1CCCCC1. The summed E-state index contributed by atoms with van der Waals surface area (Å²) in [6, 6.07) is 0. The van der Waals surface area contributed by atoms with Crippen LogP contribution in [0.5, 0.6) is 0 Å². The third kappa shape index (κ3) is 15.8. The van der Waals surface area contributed by atoms with E-state index >= 15 is 0 Å². The maximum absolute atomic E-state index is 13.5. The lowest BCUT2D eigenvalue weighted by molar-refractivity contribution is -0.129. The van der Waals surface area contributed by atoms with Crippen molar-refractivity contribution in [1.82, 2.24) is 4.90 Å². The largest absolute Gasteiger partial charge is 0.340 e. The van der Waals surface area contributed by atoms with Crippen LogP contribution in [-0.2, 0) is 4.79 Å². The van der Waals surface area contributed by atoms with E-state index in [1.807, 2.05) is 0 Å². The third-order valence-corrected chi connectivity index (χ3v) is 12.9. The highest BCUT2D eigenvalue weighted by Crippen LogP contribution is 2.61. The van der Waals surface area contributed by atoms with Gasteiger partial charge < -0.3 is 4.90 Å². The third-order valence-electron chi connectivity index (χ3n) is 8.14. The molecule has 202 valence electrons. The van der Waals surface area contributed by atoms with Gasteiger partial charge in [0, 0.05) is 20.4 Å². The number of rotatable bonds is 23. The molecule has 1 fully saturated rings. The number of piperidine rings is 1. The van der Waals surface area contributed by atoms with E-state index in [0.717, 1.165) is 19.3 Å². The summed E-state index contributed by atoms with van der Waals surface area (Å²) < 4.78 is 0. The van der Waals surface area contributed by atoms with Crippen molar-refractivity contribution in [1.29, 1.82) is 0 Å². The monoisotopic (exact) mass is 496 g/mol. The molecule has 34 heavy (non-hydrogen) atoms. The molecule has 0 aromatic heterocycles. The van der Waals surface area contributed by atoms with Gasteiger partial charge in [-0.2, -0.15) is 0 Å². The molecular weight excluding hydrogens is 433 g/mol. The van der Waals surface area contributed by atoms with Crippen LogP contribution in [0.2, 0.25) is 0 Å². The predicted octanol–water partition coefficient (Wildman–Crippen LogP) is 10.1. The molecule has 1 heterocycles. The zero-order valence-electron chi connectivity index (χ0n) is 23.9. The average molecular weight is 497 g/mol. The number of carbonyl (C=O) groups excluding carboxylic acids is 1. The van der Waals surface area contributed by atoms with Gasteiger partial charge in [-0.05, 0) is 57.8 Å². The molecule has 2 nitrogen and oxygen atoms in total. The molecule has 0 unspecified atom stereocenters. The molecule has 0 N–H and O–H groups in total. The van der Waals surface area contributed by atoms with Crippen LogP contribution < -0.4 is 0 Å². The Morgan fingerprint density at radius 2 is 0.882 bits per heavy atom.